The molecule has 7 nitrogen and oxygen atoms in total. The van der Waals surface area contributed by atoms with Gasteiger partial charge in [-0.25, -0.2) is 0 Å². The smallest absolute Gasteiger partial charge is 0.180 e. The summed E-state index contributed by atoms with van der Waals surface area (Å²) in [6.45, 7) is 18.1. The van der Waals surface area contributed by atoms with Crippen LogP contribution in [0, 0.1) is 56.2 Å². The van der Waals surface area contributed by atoms with Crippen molar-refractivity contribution in [1.29, 1.82) is 5.26 Å². The number of Topliss-reactive ketones (excluding diaryl/α,β-unsaturated/α-hetero) is 2. The number of ketones is 2. The molecule has 5 rings (SSSR count). The number of tetrazole rings is 1. The number of hydrogen-bond acceptors (Lipinski definition) is 6. The third kappa shape index (κ3) is 4.06. The molecule has 0 radical (unpaired) electrons. The Bertz CT molecular complexity index is 1300. The van der Waals surface area contributed by atoms with E-state index in [4.69, 9.17) is 0 Å². The second-order valence-corrected chi connectivity index (χ2v) is 16.2. The fraction of sp³-hybridized carbons (Fsp3) is 0.818. The summed E-state index contributed by atoms with van der Waals surface area (Å²) in [6, 6.07) is 2.23. The number of nitriles is 1. The summed E-state index contributed by atoms with van der Waals surface area (Å²) in [5, 5.41) is 23.3. The largest absolute Gasteiger partial charge is 0.299 e. The predicted molar refractivity (Wildman–Crippen MR) is 154 cm³/mol. The van der Waals surface area contributed by atoms with Gasteiger partial charge in [-0.2, -0.15) is 10.1 Å². The van der Waals surface area contributed by atoms with Crippen LogP contribution in [0.4, 0.5) is 0 Å². The molecule has 0 aromatic carbocycles. The van der Waals surface area contributed by atoms with Gasteiger partial charge in [0.15, 0.2) is 11.6 Å². The summed E-state index contributed by atoms with van der Waals surface area (Å²) in [7, 11) is 1.82. The molecule has 4 aliphatic rings. The van der Waals surface area contributed by atoms with Crippen molar-refractivity contribution < 1.29 is 9.59 Å². The normalized spacial score (nSPS) is 43.0. The van der Waals surface area contributed by atoms with Crippen LogP contribution in [0.2, 0.25) is 0 Å². The van der Waals surface area contributed by atoms with Gasteiger partial charge in [0.05, 0.1) is 12.6 Å². The van der Waals surface area contributed by atoms with Crippen LogP contribution < -0.4 is 0 Å². The third-order valence-electron chi connectivity index (χ3n) is 13.1. The molecule has 4 aliphatic carbocycles. The quantitative estimate of drug-likeness (QED) is 0.395. The number of aryl methyl sites for hydroxylation is 1. The first-order chi connectivity index (χ1) is 18.4. The predicted octanol–water partition coefficient (Wildman–Crippen LogP) is 6.54. The highest BCUT2D eigenvalue weighted by molar-refractivity contribution is 6.04. The van der Waals surface area contributed by atoms with E-state index in [0.717, 1.165) is 57.2 Å². The number of hydrogen-bond donors (Lipinski definition) is 0. The lowest BCUT2D eigenvalue weighted by molar-refractivity contribution is -0.191. The van der Waals surface area contributed by atoms with Gasteiger partial charge in [0.1, 0.15) is 11.9 Å². The average molecular weight is 548 g/mol. The summed E-state index contributed by atoms with van der Waals surface area (Å²) in [6.07, 6.45) is 10.3. The average Bonchev–Trinajstić information content (AvgIpc) is 3.32. The van der Waals surface area contributed by atoms with Gasteiger partial charge in [-0.1, -0.05) is 61.5 Å². The van der Waals surface area contributed by atoms with Crippen LogP contribution >= 0.6 is 0 Å². The third-order valence-corrected chi connectivity index (χ3v) is 13.1. The van der Waals surface area contributed by atoms with Crippen molar-refractivity contribution in [3.8, 4) is 6.07 Å². The van der Waals surface area contributed by atoms with Crippen LogP contribution in [-0.2, 0) is 22.1 Å². The highest BCUT2D eigenvalue weighted by atomic mass is 16.1. The lowest BCUT2D eigenvalue weighted by Crippen LogP contribution is -2.65. The van der Waals surface area contributed by atoms with Crippen molar-refractivity contribution in [2.24, 2.45) is 51.9 Å². The minimum Gasteiger partial charge on any atom is -0.299 e. The Morgan fingerprint density at radius 2 is 1.55 bits per heavy atom. The van der Waals surface area contributed by atoms with Crippen molar-refractivity contribution in [3.63, 3.8) is 0 Å². The lowest BCUT2D eigenvalue weighted by atomic mass is 9.35. The number of carbonyl (C=O) groups is 2. The first-order valence-electron chi connectivity index (χ1n) is 15.4. The van der Waals surface area contributed by atoms with Gasteiger partial charge < -0.3 is 0 Å². The van der Waals surface area contributed by atoms with Crippen molar-refractivity contribution >= 4 is 11.6 Å². The van der Waals surface area contributed by atoms with Crippen molar-refractivity contribution in [3.05, 3.63) is 17.5 Å². The maximum atomic E-state index is 14.3. The van der Waals surface area contributed by atoms with Crippen molar-refractivity contribution in [2.75, 3.05) is 0 Å². The maximum Gasteiger partial charge on any atom is 0.180 e. The molecule has 1 heterocycles. The Morgan fingerprint density at radius 3 is 2.17 bits per heavy atom. The summed E-state index contributed by atoms with van der Waals surface area (Å²) in [4.78, 5) is 29.2. The number of fused-ring (bicyclic) bond motifs is 5. The van der Waals surface area contributed by atoms with Gasteiger partial charge in [0, 0.05) is 23.2 Å². The SMILES string of the molecule is Cn1nnc([C@@]2(C)CCC(C)(C)CCC3C(=O)C[C@@H]4[C@@]5(C)C=C(C#N)C(=O)C(C)(C)[C@@H]5CC[C@@]4(C)[C@]3(C)CC2)n1. The molecule has 0 saturated heterocycles. The van der Waals surface area contributed by atoms with Crippen molar-refractivity contribution in [1.82, 2.24) is 20.2 Å². The van der Waals surface area contributed by atoms with E-state index in [2.05, 4.69) is 63.0 Å². The molecule has 1 aromatic rings. The van der Waals surface area contributed by atoms with E-state index < -0.39 is 5.41 Å². The fourth-order valence-corrected chi connectivity index (χ4v) is 10.0. The van der Waals surface area contributed by atoms with E-state index in [1.165, 1.54) is 0 Å². The van der Waals surface area contributed by atoms with E-state index in [-0.39, 0.29) is 56.2 Å². The van der Waals surface area contributed by atoms with Gasteiger partial charge >= 0.3 is 0 Å². The monoisotopic (exact) mass is 547 g/mol. The first kappa shape index (κ1) is 29.1. The fourth-order valence-electron chi connectivity index (χ4n) is 10.0. The van der Waals surface area contributed by atoms with E-state index in [1.807, 2.05) is 27.0 Å². The Labute approximate surface area is 240 Å². The molecule has 0 bridgehead atoms. The summed E-state index contributed by atoms with van der Waals surface area (Å²) in [5.41, 5.74) is -1.16. The van der Waals surface area contributed by atoms with Gasteiger partial charge in [0.2, 0.25) is 0 Å². The minimum absolute atomic E-state index is 0.00277. The molecule has 0 amide bonds. The number of rotatable bonds is 1. The van der Waals surface area contributed by atoms with Gasteiger partial charge in [-0.05, 0) is 90.1 Å². The van der Waals surface area contributed by atoms with Crippen LogP contribution in [-0.4, -0.2) is 31.8 Å². The Kier molecular flexibility index (Phi) is 6.61. The van der Waals surface area contributed by atoms with Gasteiger partial charge in [-0.15, -0.1) is 10.2 Å². The highest BCUT2D eigenvalue weighted by Crippen LogP contribution is 2.72. The van der Waals surface area contributed by atoms with E-state index in [9.17, 15) is 14.9 Å². The second kappa shape index (κ2) is 9.07. The molecule has 1 aromatic heterocycles. The van der Waals surface area contributed by atoms with Crippen molar-refractivity contribution in [2.45, 2.75) is 119 Å². The first-order valence-corrected chi connectivity index (χ1v) is 15.4. The Balaban J connectivity index is 1.63. The number of nitrogens with zero attached hydrogens (tertiary/aromatic N) is 5. The standard InChI is InChI=1S/C33H49N5O2/c1-28(2)12-10-22-23(39)18-25-31(6)19-21(20-34)26(40)29(3,4)24(31)11-13-33(25,8)32(22,7)17-16-30(5,15-14-28)27-35-37-38(9)36-27/h19,22,24-25H,10-18H2,1-9H3/t22?,24-,25+,30-,31-,32+,33+/m0/s1. The second-order valence-electron chi connectivity index (χ2n) is 16.2. The molecular weight excluding hydrogens is 498 g/mol. The zero-order valence-electron chi connectivity index (χ0n) is 26.2. The van der Waals surface area contributed by atoms with Crippen LogP contribution in [0.1, 0.15) is 119 Å². The molecule has 7 heteroatoms. The Morgan fingerprint density at radius 1 is 0.875 bits per heavy atom. The number of allylic oxidation sites excluding steroid dienone is 2. The highest BCUT2D eigenvalue weighted by Gasteiger charge is 2.68. The lowest BCUT2D eigenvalue weighted by Gasteiger charge is -2.68. The van der Waals surface area contributed by atoms with E-state index in [1.54, 1.807) is 4.80 Å². The molecule has 7 atom stereocenters. The molecule has 1 unspecified atom stereocenters. The van der Waals surface area contributed by atoms with E-state index >= 15 is 0 Å². The summed E-state index contributed by atoms with van der Waals surface area (Å²) < 4.78 is 0. The van der Waals surface area contributed by atoms with Crippen LogP contribution in [0.5, 0.6) is 0 Å². The molecule has 0 N–H and O–H groups in total. The summed E-state index contributed by atoms with van der Waals surface area (Å²) in [5.74, 6) is 1.34. The molecule has 218 valence electrons. The number of aromatic nitrogens is 4. The van der Waals surface area contributed by atoms with Crippen LogP contribution in [0.3, 0.4) is 0 Å². The molecule has 3 saturated carbocycles. The topological polar surface area (TPSA) is 102 Å². The van der Waals surface area contributed by atoms with Gasteiger partial charge in [-0.3, -0.25) is 9.59 Å². The van der Waals surface area contributed by atoms with E-state index in [0.29, 0.717) is 12.2 Å². The maximum absolute atomic E-state index is 14.3. The minimum atomic E-state index is -0.618. The zero-order chi connectivity index (χ0) is 29.5. The molecule has 0 aliphatic heterocycles. The molecule has 3 fully saturated rings. The summed E-state index contributed by atoms with van der Waals surface area (Å²) >= 11 is 0. The van der Waals surface area contributed by atoms with Crippen LogP contribution in [0.15, 0.2) is 11.6 Å². The number of carbonyl (C=O) groups excluding carboxylic acids is 2. The zero-order valence-corrected chi connectivity index (χ0v) is 26.2. The van der Waals surface area contributed by atoms with Gasteiger partial charge in [0.25, 0.3) is 0 Å². The molecule has 0 spiro atoms. The molecular formula is C33H49N5O2. The Hall–Kier alpha value is -2.36. The molecule has 40 heavy (non-hydrogen) atoms. The van der Waals surface area contributed by atoms with Crippen LogP contribution in [0.25, 0.3) is 0 Å².